The summed E-state index contributed by atoms with van der Waals surface area (Å²) in [6.45, 7) is 2.87. The molecule has 92 valence electrons. The van der Waals surface area contributed by atoms with Gasteiger partial charge in [-0.05, 0) is 37.6 Å². The molecule has 4 N–H and O–H groups in total. The fraction of sp³-hybridized carbons (Fsp3) is 0.417. The van der Waals surface area contributed by atoms with Crippen LogP contribution in [0.15, 0.2) is 24.3 Å². The highest BCUT2D eigenvalue weighted by Crippen LogP contribution is 2.20. The van der Waals surface area contributed by atoms with E-state index in [-0.39, 0.29) is 6.10 Å². The predicted molar refractivity (Wildman–Crippen MR) is 67.1 cm³/mol. The van der Waals surface area contributed by atoms with Gasteiger partial charge in [0.25, 0.3) is 0 Å². The lowest BCUT2D eigenvalue weighted by atomic mass is 10.1. The third-order valence-electron chi connectivity index (χ3n) is 2.88. The van der Waals surface area contributed by atoms with Crippen molar-refractivity contribution >= 4 is 17.4 Å². The minimum Gasteiger partial charge on any atom is -0.380 e. The van der Waals surface area contributed by atoms with E-state index in [0.29, 0.717) is 11.7 Å². The van der Waals surface area contributed by atoms with E-state index in [1.807, 2.05) is 24.3 Å². The number of anilines is 2. The molecule has 1 heterocycles. The first-order valence-corrected chi connectivity index (χ1v) is 5.70. The van der Waals surface area contributed by atoms with E-state index in [4.69, 9.17) is 10.5 Å². The number of ether oxygens (including phenoxy) is 1. The van der Waals surface area contributed by atoms with Gasteiger partial charge in [-0.1, -0.05) is 0 Å². The van der Waals surface area contributed by atoms with E-state index in [9.17, 15) is 4.79 Å². The van der Waals surface area contributed by atoms with Gasteiger partial charge in [-0.2, -0.15) is 0 Å². The monoisotopic (exact) mass is 235 g/mol. The second kappa shape index (κ2) is 5.05. The molecule has 2 rings (SSSR count). The van der Waals surface area contributed by atoms with Crippen molar-refractivity contribution < 1.29 is 9.53 Å². The lowest BCUT2D eigenvalue weighted by Crippen LogP contribution is -2.26. The topological polar surface area (TPSA) is 76.4 Å². The van der Waals surface area contributed by atoms with Crippen LogP contribution < -0.4 is 16.4 Å². The molecule has 17 heavy (non-hydrogen) atoms. The van der Waals surface area contributed by atoms with Gasteiger partial charge in [0, 0.05) is 18.0 Å². The average Bonchev–Trinajstić information content (AvgIpc) is 2.67. The maximum absolute atomic E-state index is 10.7. The van der Waals surface area contributed by atoms with Crippen molar-refractivity contribution in [1.82, 2.24) is 0 Å². The number of hydrogen-bond donors (Lipinski definition) is 3. The maximum atomic E-state index is 10.7. The van der Waals surface area contributed by atoms with Crippen LogP contribution in [0.3, 0.4) is 0 Å². The summed E-state index contributed by atoms with van der Waals surface area (Å²) in [5, 5.41) is 5.92. The number of nitrogens with two attached hydrogens (primary N) is 1. The van der Waals surface area contributed by atoms with E-state index in [2.05, 4.69) is 17.6 Å². The SMILES string of the molecule is CC1OCCC1Nc1ccc(NC(N)=O)cc1. The van der Waals surface area contributed by atoms with Crippen molar-refractivity contribution in [3.63, 3.8) is 0 Å². The first-order chi connectivity index (χ1) is 8.15. The van der Waals surface area contributed by atoms with E-state index in [0.717, 1.165) is 18.7 Å². The molecule has 5 heteroatoms. The van der Waals surface area contributed by atoms with Gasteiger partial charge in [0.05, 0.1) is 12.1 Å². The highest BCUT2D eigenvalue weighted by atomic mass is 16.5. The van der Waals surface area contributed by atoms with Gasteiger partial charge in [-0.15, -0.1) is 0 Å². The molecule has 0 radical (unpaired) electrons. The van der Waals surface area contributed by atoms with Crippen LogP contribution >= 0.6 is 0 Å². The van der Waals surface area contributed by atoms with Gasteiger partial charge in [0.1, 0.15) is 0 Å². The van der Waals surface area contributed by atoms with E-state index in [1.165, 1.54) is 0 Å². The Hall–Kier alpha value is -1.75. The fourth-order valence-corrected chi connectivity index (χ4v) is 1.93. The van der Waals surface area contributed by atoms with Crippen molar-refractivity contribution in [1.29, 1.82) is 0 Å². The summed E-state index contributed by atoms with van der Waals surface area (Å²) >= 11 is 0. The molecule has 1 aromatic carbocycles. The summed E-state index contributed by atoms with van der Waals surface area (Å²) in [5.41, 5.74) is 6.74. The van der Waals surface area contributed by atoms with E-state index in [1.54, 1.807) is 0 Å². The first kappa shape index (κ1) is 11.7. The molecule has 1 aliphatic rings. The Morgan fingerprint density at radius 3 is 2.53 bits per heavy atom. The Kier molecular flexibility index (Phi) is 3.49. The Morgan fingerprint density at radius 1 is 1.35 bits per heavy atom. The summed E-state index contributed by atoms with van der Waals surface area (Å²) in [6.07, 6.45) is 1.25. The van der Waals surface area contributed by atoms with Gasteiger partial charge in [0.15, 0.2) is 0 Å². The Bertz CT molecular complexity index is 391. The number of benzene rings is 1. The number of carbonyl (C=O) groups is 1. The van der Waals surface area contributed by atoms with Crippen LogP contribution in [0.2, 0.25) is 0 Å². The van der Waals surface area contributed by atoms with Crippen LogP contribution in [0.4, 0.5) is 16.2 Å². The number of hydrogen-bond acceptors (Lipinski definition) is 3. The lowest BCUT2D eigenvalue weighted by molar-refractivity contribution is 0.121. The molecule has 1 aromatic rings. The molecule has 0 saturated carbocycles. The number of nitrogens with one attached hydrogen (secondary N) is 2. The molecule has 2 atom stereocenters. The molecule has 2 unspecified atom stereocenters. The molecule has 0 aromatic heterocycles. The zero-order chi connectivity index (χ0) is 12.3. The molecule has 1 aliphatic heterocycles. The number of rotatable bonds is 3. The largest absolute Gasteiger partial charge is 0.380 e. The van der Waals surface area contributed by atoms with Crippen LogP contribution in [-0.4, -0.2) is 24.8 Å². The molecule has 0 spiro atoms. The summed E-state index contributed by atoms with van der Waals surface area (Å²) in [4.78, 5) is 10.7. The van der Waals surface area contributed by atoms with Gasteiger partial charge < -0.3 is 21.1 Å². The quantitative estimate of drug-likeness (QED) is 0.747. The number of primary amides is 1. The summed E-state index contributed by atoms with van der Waals surface area (Å²) in [7, 11) is 0. The molecule has 2 amide bonds. The zero-order valence-corrected chi connectivity index (χ0v) is 9.77. The lowest BCUT2D eigenvalue weighted by Gasteiger charge is -2.17. The maximum Gasteiger partial charge on any atom is 0.316 e. The second-order valence-electron chi connectivity index (χ2n) is 4.18. The third kappa shape index (κ3) is 3.10. The molecular weight excluding hydrogens is 218 g/mol. The van der Waals surface area contributed by atoms with Gasteiger partial charge >= 0.3 is 6.03 Å². The van der Waals surface area contributed by atoms with Crippen LogP contribution in [0.25, 0.3) is 0 Å². The normalized spacial score (nSPS) is 23.4. The second-order valence-corrected chi connectivity index (χ2v) is 4.18. The minimum absolute atomic E-state index is 0.235. The van der Waals surface area contributed by atoms with Crippen LogP contribution in [-0.2, 0) is 4.74 Å². The standard InChI is InChI=1S/C12H17N3O2/c1-8-11(6-7-17-8)14-9-2-4-10(5-3-9)15-12(13)16/h2-5,8,11,14H,6-7H2,1H3,(H3,13,15,16). The molecule has 0 bridgehead atoms. The summed E-state index contributed by atoms with van der Waals surface area (Å²) in [5.74, 6) is 0. The van der Waals surface area contributed by atoms with Crippen molar-refractivity contribution in [3.05, 3.63) is 24.3 Å². The highest BCUT2D eigenvalue weighted by molar-refractivity contribution is 5.87. The van der Waals surface area contributed by atoms with Crippen molar-refractivity contribution in [3.8, 4) is 0 Å². The van der Waals surface area contributed by atoms with Gasteiger partial charge in [-0.3, -0.25) is 0 Å². The van der Waals surface area contributed by atoms with Crippen molar-refractivity contribution in [2.24, 2.45) is 5.73 Å². The number of amides is 2. The van der Waals surface area contributed by atoms with Crippen LogP contribution in [0.5, 0.6) is 0 Å². The van der Waals surface area contributed by atoms with Crippen LogP contribution in [0.1, 0.15) is 13.3 Å². The Morgan fingerprint density at radius 2 is 2.00 bits per heavy atom. The number of urea groups is 1. The highest BCUT2D eigenvalue weighted by Gasteiger charge is 2.23. The minimum atomic E-state index is -0.552. The summed E-state index contributed by atoms with van der Waals surface area (Å²) < 4.78 is 5.48. The van der Waals surface area contributed by atoms with Crippen LogP contribution in [0, 0.1) is 0 Å². The molecule has 5 nitrogen and oxygen atoms in total. The van der Waals surface area contributed by atoms with Crippen molar-refractivity contribution in [2.75, 3.05) is 17.2 Å². The zero-order valence-electron chi connectivity index (χ0n) is 9.77. The van der Waals surface area contributed by atoms with Gasteiger partial charge in [0.2, 0.25) is 0 Å². The molecular formula is C12H17N3O2. The van der Waals surface area contributed by atoms with Crippen molar-refractivity contribution in [2.45, 2.75) is 25.5 Å². The average molecular weight is 235 g/mol. The first-order valence-electron chi connectivity index (χ1n) is 5.70. The Labute approximate surface area is 100 Å². The molecule has 1 saturated heterocycles. The van der Waals surface area contributed by atoms with Gasteiger partial charge in [-0.25, -0.2) is 4.79 Å². The third-order valence-corrected chi connectivity index (χ3v) is 2.88. The smallest absolute Gasteiger partial charge is 0.316 e. The summed E-state index contributed by atoms with van der Waals surface area (Å²) in [6, 6.07) is 7.25. The van der Waals surface area contributed by atoms with E-state index >= 15 is 0 Å². The fourth-order valence-electron chi connectivity index (χ4n) is 1.93. The predicted octanol–water partition coefficient (Wildman–Crippen LogP) is 1.77. The number of carbonyl (C=O) groups excluding carboxylic acids is 1. The molecule has 0 aliphatic carbocycles. The van der Waals surface area contributed by atoms with E-state index < -0.39 is 6.03 Å². The molecule has 1 fully saturated rings. The Balaban J connectivity index is 1.95.